The molecule has 0 aromatic carbocycles. The van der Waals surface area contributed by atoms with Crippen molar-refractivity contribution in [2.45, 2.75) is 38.4 Å². The highest BCUT2D eigenvalue weighted by Gasteiger charge is 1.84. The predicted octanol–water partition coefficient (Wildman–Crippen LogP) is 2.16. The molecule has 0 nitrogen and oxygen atoms in total. The minimum atomic E-state index is 0.816. The van der Waals surface area contributed by atoms with E-state index in [2.05, 4.69) is 5.92 Å². The summed E-state index contributed by atoms with van der Waals surface area (Å²) in [5.41, 5.74) is 0. The van der Waals surface area contributed by atoms with Crippen molar-refractivity contribution < 1.29 is 0 Å². The molecule has 0 spiro atoms. The Balaban J connectivity index is 2.69. The average molecular weight is 120 g/mol. The van der Waals surface area contributed by atoms with Crippen molar-refractivity contribution in [1.29, 1.82) is 0 Å². The van der Waals surface area contributed by atoms with Crippen LogP contribution in [0.2, 0.25) is 6.32 Å². The van der Waals surface area contributed by atoms with E-state index in [1.165, 1.54) is 12.8 Å². The Hall–Kier alpha value is -0.375. The molecule has 0 saturated carbocycles. The van der Waals surface area contributed by atoms with E-state index < -0.39 is 0 Å². The Labute approximate surface area is 59.4 Å². The highest BCUT2D eigenvalue weighted by Crippen LogP contribution is 2.02. The van der Waals surface area contributed by atoms with Crippen LogP contribution in [0.4, 0.5) is 0 Å². The minimum Gasteiger partial charge on any atom is -0.120 e. The Morgan fingerprint density at radius 3 is 2.33 bits per heavy atom. The zero-order valence-electron chi connectivity index (χ0n) is 5.90. The van der Waals surface area contributed by atoms with Crippen LogP contribution in [-0.4, -0.2) is 7.85 Å². The SMILES string of the molecule is [B]CCCCCCC#C. The van der Waals surface area contributed by atoms with Crippen LogP contribution in [0.25, 0.3) is 0 Å². The summed E-state index contributed by atoms with van der Waals surface area (Å²) in [6, 6.07) is 0. The molecule has 0 aromatic heterocycles. The van der Waals surface area contributed by atoms with Crippen LogP contribution in [0.3, 0.4) is 0 Å². The summed E-state index contributed by atoms with van der Waals surface area (Å²) in [6.07, 6.45) is 11.6. The van der Waals surface area contributed by atoms with Crippen LogP contribution >= 0.6 is 0 Å². The summed E-state index contributed by atoms with van der Waals surface area (Å²) >= 11 is 0. The third-order valence-corrected chi connectivity index (χ3v) is 1.28. The van der Waals surface area contributed by atoms with Crippen molar-refractivity contribution in [3.05, 3.63) is 0 Å². The Kier molecular flexibility index (Phi) is 7.31. The smallest absolute Gasteiger partial charge is 0.0653 e. The molecule has 0 atom stereocenters. The first kappa shape index (κ1) is 8.62. The van der Waals surface area contributed by atoms with Gasteiger partial charge in [0.25, 0.3) is 0 Å². The minimum absolute atomic E-state index is 0.816. The largest absolute Gasteiger partial charge is 0.120 e. The zero-order valence-corrected chi connectivity index (χ0v) is 5.90. The Bertz CT molecular complexity index is 81.1. The summed E-state index contributed by atoms with van der Waals surface area (Å²) in [5.74, 6) is 2.61. The van der Waals surface area contributed by atoms with Gasteiger partial charge in [0.15, 0.2) is 0 Å². The van der Waals surface area contributed by atoms with Gasteiger partial charge in [0.2, 0.25) is 0 Å². The van der Waals surface area contributed by atoms with Crippen LogP contribution in [0.1, 0.15) is 32.1 Å². The summed E-state index contributed by atoms with van der Waals surface area (Å²) in [6.45, 7) is 0. The van der Waals surface area contributed by atoms with Gasteiger partial charge in [-0.1, -0.05) is 25.6 Å². The lowest BCUT2D eigenvalue weighted by atomic mass is 9.99. The maximum absolute atomic E-state index is 5.30. The highest BCUT2D eigenvalue weighted by molar-refractivity contribution is 6.08. The van der Waals surface area contributed by atoms with Gasteiger partial charge in [0.05, 0.1) is 7.85 Å². The molecule has 0 saturated heterocycles. The van der Waals surface area contributed by atoms with Crippen molar-refractivity contribution in [3.63, 3.8) is 0 Å². The topological polar surface area (TPSA) is 0 Å². The molecule has 0 aliphatic rings. The van der Waals surface area contributed by atoms with Gasteiger partial charge in [0, 0.05) is 6.42 Å². The molecule has 0 N–H and O–H groups in total. The molecule has 0 unspecified atom stereocenters. The first-order chi connectivity index (χ1) is 4.41. The molecule has 0 aliphatic heterocycles. The first-order valence-electron chi connectivity index (χ1n) is 3.55. The number of unbranched alkanes of at least 4 members (excludes halogenated alkanes) is 4. The van der Waals surface area contributed by atoms with Crippen LogP contribution in [0, 0.1) is 12.3 Å². The van der Waals surface area contributed by atoms with Gasteiger partial charge in [0.1, 0.15) is 0 Å². The number of terminal acetylenes is 1. The molecule has 2 radical (unpaired) electrons. The van der Waals surface area contributed by atoms with E-state index in [1.807, 2.05) is 0 Å². The normalized spacial score (nSPS) is 8.78. The molecule has 0 fully saturated rings. The molecule has 0 amide bonds. The maximum atomic E-state index is 5.30. The monoisotopic (exact) mass is 120 g/mol. The Morgan fingerprint density at radius 1 is 1.11 bits per heavy atom. The third kappa shape index (κ3) is 7.62. The van der Waals surface area contributed by atoms with E-state index in [0.29, 0.717) is 0 Å². The fraction of sp³-hybridized carbons (Fsp3) is 0.750. The zero-order chi connectivity index (χ0) is 6.95. The van der Waals surface area contributed by atoms with Gasteiger partial charge in [-0.15, -0.1) is 12.3 Å². The van der Waals surface area contributed by atoms with E-state index in [1.54, 1.807) is 0 Å². The van der Waals surface area contributed by atoms with E-state index in [9.17, 15) is 0 Å². The summed E-state index contributed by atoms with van der Waals surface area (Å²) in [7, 11) is 5.30. The predicted molar refractivity (Wildman–Crippen MR) is 42.5 cm³/mol. The second-order valence-corrected chi connectivity index (χ2v) is 2.16. The van der Waals surface area contributed by atoms with Gasteiger partial charge in [-0.3, -0.25) is 0 Å². The lowest BCUT2D eigenvalue weighted by Gasteiger charge is -1.93. The van der Waals surface area contributed by atoms with Crippen molar-refractivity contribution in [2.24, 2.45) is 0 Å². The molecule has 0 aliphatic carbocycles. The fourth-order valence-electron chi connectivity index (χ4n) is 0.725. The van der Waals surface area contributed by atoms with Crippen molar-refractivity contribution >= 4 is 7.85 Å². The molecule has 0 bridgehead atoms. The number of hydrogen-bond donors (Lipinski definition) is 0. The van der Waals surface area contributed by atoms with Crippen molar-refractivity contribution in [1.82, 2.24) is 0 Å². The number of hydrogen-bond acceptors (Lipinski definition) is 0. The second kappa shape index (κ2) is 7.62. The van der Waals surface area contributed by atoms with Gasteiger partial charge in [-0.05, 0) is 6.42 Å². The molecule has 0 rings (SSSR count). The molecule has 1 heteroatoms. The summed E-state index contributed by atoms with van der Waals surface area (Å²) in [5, 5.41) is 0. The summed E-state index contributed by atoms with van der Waals surface area (Å²) < 4.78 is 0. The quantitative estimate of drug-likeness (QED) is 0.296. The highest BCUT2D eigenvalue weighted by atomic mass is 13.9. The fourth-order valence-corrected chi connectivity index (χ4v) is 0.725. The van der Waals surface area contributed by atoms with Crippen molar-refractivity contribution in [3.8, 4) is 12.3 Å². The maximum Gasteiger partial charge on any atom is 0.0653 e. The molecule has 0 aromatic rings. The molecular weight excluding hydrogens is 107 g/mol. The Morgan fingerprint density at radius 2 is 1.78 bits per heavy atom. The second-order valence-electron chi connectivity index (χ2n) is 2.16. The molecule has 9 heavy (non-hydrogen) atoms. The molecular formula is C8H13B. The lowest BCUT2D eigenvalue weighted by Crippen LogP contribution is -1.76. The van der Waals surface area contributed by atoms with Crippen LogP contribution in [-0.2, 0) is 0 Å². The van der Waals surface area contributed by atoms with Crippen LogP contribution in [0.5, 0.6) is 0 Å². The van der Waals surface area contributed by atoms with E-state index in [-0.39, 0.29) is 0 Å². The van der Waals surface area contributed by atoms with Gasteiger partial charge in [-0.25, -0.2) is 0 Å². The van der Waals surface area contributed by atoms with E-state index >= 15 is 0 Å². The van der Waals surface area contributed by atoms with E-state index in [4.69, 9.17) is 14.3 Å². The third-order valence-electron chi connectivity index (χ3n) is 1.28. The molecule has 48 valence electrons. The number of rotatable bonds is 5. The summed E-state index contributed by atoms with van der Waals surface area (Å²) in [4.78, 5) is 0. The standard InChI is InChI=1S/C8H13B/c1-2-3-4-5-6-7-8-9/h1H,3-8H2. The van der Waals surface area contributed by atoms with Crippen LogP contribution in [0.15, 0.2) is 0 Å². The molecule has 0 heterocycles. The average Bonchev–Trinajstić information content (AvgIpc) is 1.89. The van der Waals surface area contributed by atoms with Crippen molar-refractivity contribution in [2.75, 3.05) is 0 Å². The van der Waals surface area contributed by atoms with E-state index in [0.717, 1.165) is 25.6 Å². The first-order valence-corrected chi connectivity index (χ1v) is 3.55. The van der Waals surface area contributed by atoms with Gasteiger partial charge < -0.3 is 0 Å². The van der Waals surface area contributed by atoms with Gasteiger partial charge in [-0.2, -0.15) is 0 Å². The lowest BCUT2D eigenvalue weighted by molar-refractivity contribution is 0.679. The van der Waals surface area contributed by atoms with Gasteiger partial charge >= 0.3 is 0 Å². The van der Waals surface area contributed by atoms with Crippen LogP contribution < -0.4 is 0 Å².